The predicted octanol–water partition coefficient (Wildman–Crippen LogP) is 3.42. The number of hydrogen-bond acceptors (Lipinski definition) is 2. The van der Waals surface area contributed by atoms with Crippen LogP contribution in [0, 0.1) is 29.1 Å². The van der Waals surface area contributed by atoms with E-state index in [2.05, 4.69) is 25.7 Å². The fourth-order valence-electron chi connectivity index (χ4n) is 5.21. The third kappa shape index (κ3) is 3.20. The normalized spacial score (nSPS) is 37.2. The van der Waals surface area contributed by atoms with Gasteiger partial charge in [0, 0.05) is 25.0 Å². The monoisotopic (exact) mass is 306 g/mol. The van der Waals surface area contributed by atoms with E-state index in [1.807, 2.05) is 0 Å². The molecule has 2 atom stereocenters. The Balaban J connectivity index is 1.57. The number of hydrogen-bond donors (Lipinski definition) is 1. The van der Waals surface area contributed by atoms with Crippen LogP contribution < -0.4 is 5.73 Å². The molecule has 22 heavy (non-hydrogen) atoms. The van der Waals surface area contributed by atoms with Crippen molar-refractivity contribution in [1.29, 1.82) is 0 Å². The Morgan fingerprint density at radius 2 is 1.55 bits per heavy atom. The minimum Gasteiger partial charge on any atom is -0.342 e. The van der Waals surface area contributed by atoms with Gasteiger partial charge in [-0.05, 0) is 61.7 Å². The first-order valence-corrected chi connectivity index (χ1v) is 9.40. The van der Waals surface area contributed by atoms with Gasteiger partial charge in [0.25, 0.3) is 0 Å². The molecule has 2 unspecified atom stereocenters. The maximum Gasteiger partial charge on any atom is 0.225 e. The molecule has 2 N–H and O–H groups in total. The van der Waals surface area contributed by atoms with Crippen molar-refractivity contribution in [2.24, 2.45) is 34.8 Å². The second-order valence-corrected chi connectivity index (χ2v) is 9.16. The Kier molecular flexibility index (Phi) is 4.55. The van der Waals surface area contributed by atoms with Gasteiger partial charge in [0.2, 0.25) is 5.91 Å². The summed E-state index contributed by atoms with van der Waals surface area (Å²) in [6.45, 7) is 8.94. The van der Waals surface area contributed by atoms with Crippen LogP contribution in [-0.2, 0) is 4.79 Å². The lowest BCUT2D eigenvalue weighted by molar-refractivity contribution is -0.140. The van der Waals surface area contributed by atoms with Gasteiger partial charge in [-0.2, -0.15) is 0 Å². The molecule has 1 heterocycles. The van der Waals surface area contributed by atoms with Gasteiger partial charge in [-0.25, -0.2) is 0 Å². The van der Waals surface area contributed by atoms with Crippen molar-refractivity contribution in [3.05, 3.63) is 0 Å². The lowest BCUT2D eigenvalue weighted by Gasteiger charge is -2.45. The van der Waals surface area contributed by atoms with Crippen LogP contribution in [-0.4, -0.2) is 29.9 Å². The predicted molar refractivity (Wildman–Crippen MR) is 90.3 cm³/mol. The maximum absolute atomic E-state index is 12.9. The number of nitrogens with zero attached hydrogens (tertiary/aromatic N) is 1. The molecule has 0 radical (unpaired) electrons. The van der Waals surface area contributed by atoms with Crippen molar-refractivity contribution >= 4 is 5.91 Å². The van der Waals surface area contributed by atoms with E-state index in [4.69, 9.17) is 5.73 Å². The largest absolute Gasteiger partial charge is 0.342 e. The smallest absolute Gasteiger partial charge is 0.225 e. The van der Waals surface area contributed by atoms with Gasteiger partial charge in [0.05, 0.1) is 0 Å². The molecule has 2 saturated carbocycles. The Labute approximate surface area is 136 Å². The molecule has 2 aliphatic carbocycles. The van der Waals surface area contributed by atoms with Crippen LogP contribution in [0.25, 0.3) is 0 Å². The fraction of sp³-hybridized carbons (Fsp3) is 0.947. The summed E-state index contributed by atoms with van der Waals surface area (Å²) in [5.41, 5.74) is 6.74. The molecule has 0 spiro atoms. The highest BCUT2D eigenvalue weighted by atomic mass is 16.2. The van der Waals surface area contributed by atoms with Gasteiger partial charge >= 0.3 is 0 Å². The van der Waals surface area contributed by atoms with Gasteiger partial charge in [0.15, 0.2) is 0 Å². The number of likely N-dealkylation sites (tertiary alicyclic amines) is 1. The van der Waals surface area contributed by atoms with E-state index in [1.165, 1.54) is 32.1 Å². The lowest BCUT2D eigenvalue weighted by Crippen LogP contribution is -2.51. The van der Waals surface area contributed by atoms with Gasteiger partial charge in [-0.1, -0.05) is 27.2 Å². The SMILES string of the molecule is CC(C)(C)C1CCN(C(=O)C2CC3CCCC(C2)C3N)CC1. The Hall–Kier alpha value is -0.570. The Morgan fingerprint density at radius 1 is 1.00 bits per heavy atom. The summed E-state index contributed by atoms with van der Waals surface area (Å²) in [4.78, 5) is 15.1. The maximum atomic E-state index is 12.9. The number of nitrogens with two attached hydrogens (primary N) is 1. The van der Waals surface area contributed by atoms with Crippen LogP contribution in [0.5, 0.6) is 0 Å². The zero-order valence-corrected chi connectivity index (χ0v) is 14.7. The van der Waals surface area contributed by atoms with Gasteiger partial charge in [-0.15, -0.1) is 0 Å². The number of piperidine rings is 1. The molecule has 3 heteroatoms. The number of fused-ring (bicyclic) bond motifs is 2. The minimum absolute atomic E-state index is 0.265. The van der Waals surface area contributed by atoms with E-state index < -0.39 is 0 Å². The highest BCUT2D eigenvalue weighted by Gasteiger charge is 2.42. The number of rotatable bonds is 1. The average molecular weight is 306 g/mol. The first-order chi connectivity index (χ1) is 10.4. The molecule has 1 saturated heterocycles. The van der Waals surface area contributed by atoms with Crippen LogP contribution in [0.15, 0.2) is 0 Å². The van der Waals surface area contributed by atoms with Crippen LogP contribution in [0.1, 0.15) is 65.7 Å². The first kappa shape index (κ1) is 16.3. The van der Waals surface area contributed by atoms with Gasteiger partial charge < -0.3 is 10.6 Å². The second kappa shape index (κ2) is 6.14. The molecule has 0 aromatic rings. The second-order valence-electron chi connectivity index (χ2n) is 9.16. The van der Waals surface area contributed by atoms with E-state index in [0.29, 0.717) is 29.2 Å². The molecule has 3 aliphatic rings. The molecule has 3 fully saturated rings. The first-order valence-electron chi connectivity index (χ1n) is 9.40. The van der Waals surface area contributed by atoms with Gasteiger partial charge in [0.1, 0.15) is 0 Å². The molecule has 1 aliphatic heterocycles. The fourth-order valence-corrected chi connectivity index (χ4v) is 5.21. The average Bonchev–Trinajstić information content (AvgIpc) is 2.45. The molecule has 0 aromatic heterocycles. The van der Waals surface area contributed by atoms with Crippen LogP contribution in [0.4, 0.5) is 0 Å². The summed E-state index contributed by atoms with van der Waals surface area (Å²) in [5.74, 6) is 2.68. The van der Waals surface area contributed by atoms with E-state index in [9.17, 15) is 4.79 Å². The summed E-state index contributed by atoms with van der Waals surface area (Å²) in [7, 11) is 0. The molecule has 126 valence electrons. The molecular weight excluding hydrogens is 272 g/mol. The van der Waals surface area contributed by atoms with Crippen LogP contribution in [0.2, 0.25) is 0 Å². The molecular formula is C19H34N2O. The highest BCUT2D eigenvalue weighted by molar-refractivity contribution is 5.79. The molecule has 0 aromatic carbocycles. The van der Waals surface area contributed by atoms with Crippen LogP contribution >= 0.6 is 0 Å². The number of carbonyl (C=O) groups excluding carboxylic acids is 1. The Morgan fingerprint density at radius 3 is 2.05 bits per heavy atom. The van der Waals surface area contributed by atoms with Crippen molar-refractivity contribution < 1.29 is 4.79 Å². The summed E-state index contributed by atoms with van der Waals surface area (Å²) in [5, 5.41) is 0. The lowest BCUT2D eigenvalue weighted by atomic mass is 9.64. The third-order valence-electron chi connectivity index (χ3n) is 6.79. The molecule has 2 bridgehead atoms. The quantitative estimate of drug-likeness (QED) is 0.807. The van der Waals surface area contributed by atoms with E-state index in [1.54, 1.807) is 0 Å². The number of amides is 1. The zero-order valence-electron chi connectivity index (χ0n) is 14.7. The van der Waals surface area contributed by atoms with E-state index in [-0.39, 0.29) is 5.92 Å². The topological polar surface area (TPSA) is 46.3 Å². The van der Waals surface area contributed by atoms with Crippen molar-refractivity contribution in [1.82, 2.24) is 4.90 Å². The van der Waals surface area contributed by atoms with E-state index in [0.717, 1.165) is 31.8 Å². The van der Waals surface area contributed by atoms with Crippen LogP contribution in [0.3, 0.4) is 0 Å². The van der Waals surface area contributed by atoms with Crippen molar-refractivity contribution in [3.63, 3.8) is 0 Å². The van der Waals surface area contributed by atoms with Crippen molar-refractivity contribution in [2.75, 3.05) is 13.1 Å². The molecule has 1 amide bonds. The summed E-state index contributed by atoms with van der Waals surface area (Å²) >= 11 is 0. The summed E-state index contributed by atoms with van der Waals surface area (Å²) in [6.07, 6.45) is 8.26. The summed E-state index contributed by atoms with van der Waals surface area (Å²) in [6, 6.07) is 0.365. The third-order valence-corrected chi connectivity index (χ3v) is 6.79. The van der Waals surface area contributed by atoms with Crippen molar-refractivity contribution in [3.8, 4) is 0 Å². The highest BCUT2D eigenvalue weighted by Crippen LogP contribution is 2.43. The Bertz CT molecular complexity index is 392. The van der Waals surface area contributed by atoms with E-state index >= 15 is 0 Å². The number of carbonyl (C=O) groups is 1. The minimum atomic E-state index is 0.265. The zero-order chi connectivity index (χ0) is 15.9. The van der Waals surface area contributed by atoms with Crippen molar-refractivity contribution in [2.45, 2.75) is 71.8 Å². The molecule has 3 rings (SSSR count). The summed E-state index contributed by atoms with van der Waals surface area (Å²) < 4.78 is 0. The molecule has 3 nitrogen and oxygen atoms in total. The van der Waals surface area contributed by atoms with Gasteiger partial charge in [-0.3, -0.25) is 4.79 Å². The standard InChI is InChI=1S/C19H34N2O/c1-19(2,3)16-7-9-21(10-8-16)18(22)15-11-13-5-4-6-14(12-15)17(13)20/h13-17H,4-12,20H2,1-3H3.